The van der Waals surface area contributed by atoms with E-state index in [4.69, 9.17) is 18.9 Å². The number of hydrogen-bond donors (Lipinski definition) is 6. The van der Waals surface area contributed by atoms with Crippen LogP contribution in [0.2, 0.25) is 0 Å². The average Bonchev–Trinajstić information content (AvgIpc) is 3.03. The maximum absolute atomic E-state index is 12.6. The first-order valence-electron chi connectivity index (χ1n) is 11.2. The zero-order chi connectivity index (χ0) is 25.4. The first-order chi connectivity index (χ1) is 16.6. The molecule has 11 nitrogen and oxygen atoms in total. The topological polar surface area (TPSA) is 175 Å². The minimum absolute atomic E-state index is 0.151. The van der Waals surface area contributed by atoms with E-state index in [1.807, 2.05) is 18.2 Å². The molecule has 0 bridgehead atoms. The molecular weight excluding hydrogens is 464 g/mol. The lowest BCUT2D eigenvalue weighted by Crippen LogP contribution is -2.62. The van der Waals surface area contributed by atoms with Crippen LogP contribution in [0.4, 0.5) is 0 Å². The quantitative estimate of drug-likeness (QED) is 0.207. The maximum atomic E-state index is 12.6. The number of carbonyl (C=O) groups excluding carboxylic acids is 1. The lowest BCUT2D eigenvalue weighted by Gasteiger charge is -2.45. The summed E-state index contributed by atoms with van der Waals surface area (Å²) in [7, 11) is 0. The third-order valence-electron chi connectivity index (χ3n) is 6.77. The van der Waals surface area contributed by atoms with Crippen molar-refractivity contribution in [2.24, 2.45) is 5.92 Å². The van der Waals surface area contributed by atoms with Crippen LogP contribution in [0.3, 0.4) is 0 Å². The highest BCUT2D eigenvalue weighted by Gasteiger charge is 2.66. The largest absolute Gasteiger partial charge is 0.472 e. The Labute approximate surface area is 201 Å². The predicted molar refractivity (Wildman–Crippen MR) is 118 cm³/mol. The molecule has 0 aromatic heterocycles. The summed E-state index contributed by atoms with van der Waals surface area (Å²) in [4.78, 5) is 12.6. The molecular formula is C24H30O11. The predicted octanol–water partition coefficient (Wildman–Crippen LogP) is -1.20. The summed E-state index contributed by atoms with van der Waals surface area (Å²) in [5.41, 5.74) is -2.62. The van der Waals surface area contributed by atoms with Crippen LogP contribution >= 0.6 is 0 Å². The molecule has 10 unspecified atom stereocenters. The molecule has 1 saturated heterocycles. The molecule has 1 aromatic rings. The summed E-state index contributed by atoms with van der Waals surface area (Å²) >= 11 is 0. The number of benzene rings is 1. The summed E-state index contributed by atoms with van der Waals surface area (Å²) in [6.07, 6.45) is -5.57. The SMILES string of the molecule is CC1(OC(=O)/C=C/c2ccccc2)CC(O)C2(O)C=COC(OC3OC(CO)C(O)C(O)C3O)C12. The van der Waals surface area contributed by atoms with Gasteiger partial charge in [-0.2, -0.15) is 0 Å². The van der Waals surface area contributed by atoms with Gasteiger partial charge >= 0.3 is 5.97 Å². The van der Waals surface area contributed by atoms with Crippen molar-refractivity contribution in [3.63, 3.8) is 0 Å². The Morgan fingerprint density at radius 3 is 2.51 bits per heavy atom. The van der Waals surface area contributed by atoms with E-state index in [0.29, 0.717) is 0 Å². The van der Waals surface area contributed by atoms with Gasteiger partial charge in [0.2, 0.25) is 6.29 Å². The molecule has 2 heterocycles. The van der Waals surface area contributed by atoms with Gasteiger partial charge in [-0.05, 0) is 24.6 Å². The highest BCUT2D eigenvalue weighted by atomic mass is 16.8. The molecule has 2 fully saturated rings. The van der Waals surface area contributed by atoms with E-state index in [0.717, 1.165) is 11.8 Å². The summed E-state index contributed by atoms with van der Waals surface area (Å²) in [6, 6.07) is 9.06. The van der Waals surface area contributed by atoms with Gasteiger partial charge in [0.25, 0.3) is 0 Å². The zero-order valence-electron chi connectivity index (χ0n) is 19.0. The minimum atomic E-state index is -1.91. The van der Waals surface area contributed by atoms with Crippen LogP contribution in [-0.4, -0.2) is 97.5 Å². The van der Waals surface area contributed by atoms with Gasteiger partial charge in [0.05, 0.1) is 24.9 Å². The summed E-state index contributed by atoms with van der Waals surface area (Å²) in [5, 5.41) is 61.7. The highest BCUT2D eigenvalue weighted by molar-refractivity contribution is 5.87. The summed E-state index contributed by atoms with van der Waals surface area (Å²) in [6.45, 7) is 0.852. The molecule has 35 heavy (non-hydrogen) atoms. The van der Waals surface area contributed by atoms with Crippen LogP contribution in [0, 0.1) is 5.92 Å². The molecule has 1 aliphatic carbocycles. The van der Waals surface area contributed by atoms with Crippen LogP contribution in [0.25, 0.3) is 6.08 Å². The van der Waals surface area contributed by atoms with Crippen molar-refractivity contribution in [3.8, 4) is 0 Å². The molecule has 4 rings (SSSR count). The standard InChI is InChI=1S/C24H30O11/c1-23(35-16(27)8-7-13-5-3-2-4-6-13)11-15(26)24(31)9-10-32-22(20(23)24)34-21-19(30)18(29)17(28)14(12-25)33-21/h2-10,14-15,17-22,25-26,28-31H,11-12H2,1H3/b8-7+. The van der Waals surface area contributed by atoms with Crippen molar-refractivity contribution < 1.29 is 54.4 Å². The van der Waals surface area contributed by atoms with E-state index < -0.39 is 72.8 Å². The monoisotopic (exact) mass is 494 g/mol. The maximum Gasteiger partial charge on any atom is 0.331 e. The van der Waals surface area contributed by atoms with Crippen molar-refractivity contribution in [2.75, 3.05) is 6.61 Å². The Morgan fingerprint density at radius 1 is 1.11 bits per heavy atom. The zero-order valence-corrected chi connectivity index (χ0v) is 19.0. The van der Waals surface area contributed by atoms with Gasteiger partial charge in [0.15, 0.2) is 6.29 Å². The van der Waals surface area contributed by atoms with Crippen LogP contribution < -0.4 is 0 Å². The van der Waals surface area contributed by atoms with Gasteiger partial charge in [-0.1, -0.05) is 30.3 Å². The first-order valence-corrected chi connectivity index (χ1v) is 11.2. The van der Waals surface area contributed by atoms with E-state index in [1.54, 1.807) is 18.2 Å². The van der Waals surface area contributed by atoms with E-state index in [9.17, 15) is 35.4 Å². The molecule has 6 N–H and O–H groups in total. The fraction of sp³-hybridized carbons (Fsp3) is 0.542. The number of ether oxygens (including phenoxy) is 4. The molecule has 192 valence electrons. The fourth-order valence-corrected chi connectivity index (χ4v) is 4.92. The van der Waals surface area contributed by atoms with Crippen molar-refractivity contribution in [1.29, 1.82) is 0 Å². The van der Waals surface area contributed by atoms with Crippen molar-refractivity contribution in [3.05, 3.63) is 54.3 Å². The lowest BCUT2D eigenvalue weighted by molar-refractivity contribution is -0.351. The Balaban J connectivity index is 1.55. The Morgan fingerprint density at radius 2 is 1.83 bits per heavy atom. The number of rotatable bonds is 6. The van der Waals surface area contributed by atoms with Gasteiger partial charge in [0.1, 0.15) is 35.6 Å². The minimum Gasteiger partial charge on any atom is -0.472 e. The molecule has 0 amide bonds. The van der Waals surface area contributed by atoms with E-state index >= 15 is 0 Å². The van der Waals surface area contributed by atoms with Gasteiger partial charge in [0, 0.05) is 12.5 Å². The molecule has 3 aliphatic rings. The van der Waals surface area contributed by atoms with Crippen molar-refractivity contribution in [1.82, 2.24) is 0 Å². The fourth-order valence-electron chi connectivity index (χ4n) is 4.92. The Kier molecular flexibility index (Phi) is 7.32. The summed E-state index contributed by atoms with van der Waals surface area (Å²) in [5.74, 6) is -1.90. The number of aliphatic hydroxyl groups is 6. The van der Waals surface area contributed by atoms with Crippen molar-refractivity contribution in [2.45, 2.75) is 67.6 Å². The Bertz CT molecular complexity index is 950. The molecule has 1 saturated carbocycles. The second-order valence-electron chi connectivity index (χ2n) is 9.20. The van der Waals surface area contributed by atoms with E-state index in [-0.39, 0.29) is 6.42 Å². The van der Waals surface area contributed by atoms with E-state index in [1.165, 1.54) is 19.1 Å². The molecule has 1 aromatic carbocycles. The van der Waals surface area contributed by atoms with Crippen molar-refractivity contribution >= 4 is 12.0 Å². The molecule has 0 radical (unpaired) electrons. The number of carbonyl (C=O) groups is 1. The molecule has 0 spiro atoms. The summed E-state index contributed by atoms with van der Waals surface area (Å²) < 4.78 is 22.3. The smallest absolute Gasteiger partial charge is 0.331 e. The van der Waals surface area contributed by atoms with E-state index in [2.05, 4.69) is 0 Å². The van der Waals surface area contributed by atoms with Gasteiger partial charge in [-0.3, -0.25) is 0 Å². The number of fused-ring (bicyclic) bond motifs is 1. The molecule has 11 heteroatoms. The second-order valence-corrected chi connectivity index (χ2v) is 9.20. The molecule has 2 aliphatic heterocycles. The van der Waals surface area contributed by atoms with Crippen LogP contribution in [0.5, 0.6) is 0 Å². The molecule has 10 atom stereocenters. The number of esters is 1. The highest BCUT2D eigenvalue weighted by Crippen LogP contribution is 2.51. The van der Waals surface area contributed by atoms with Crippen LogP contribution in [-0.2, 0) is 23.7 Å². The second kappa shape index (κ2) is 9.96. The normalized spacial score (nSPS) is 43.1. The van der Waals surface area contributed by atoms with Crippen LogP contribution in [0.1, 0.15) is 18.9 Å². The van der Waals surface area contributed by atoms with Gasteiger partial charge < -0.3 is 49.6 Å². The first kappa shape index (κ1) is 25.7. The number of hydrogen-bond acceptors (Lipinski definition) is 11. The third-order valence-corrected chi connectivity index (χ3v) is 6.77. The lowest BCUT2D eigenvalue weighted by atomic mass is 9.81. The van der Waals surface area contributed by atoms with Gasteiger partial charge in [-0.15, -0.1) is 0 Å². The average molecular weight is 494 g/mol. The van der Waals surface area contributed by atoms with Gasteiger partial charge in [-0.25, -0.2) is 4.79 Å². The number of aliphatic hydroxyl groups excluding tert-OH is 5. The van der Waals surface area contributed by atoms with Crippen LogP contribution in [0.15, 0.2) is 48.7 Å². The third kappa shape index (κ3) is 4.86. The Hall–Kier alpha value is -2.35.